The minimum Gasteiger partial charge on any atom is -0.315 e. The third kappa shape index (κ3) is 2.21. The average molecular weight is 382 g/mol. The van der Waals surface area contributed by atoms with E-state index in [2.05, 4.69) is 11.8 Å². The van der Waals surface area contributed by atoms with Crippen LogP contribution < -0.4 is 0 Å². The van der Waals surface area contributed by atoms with Crippen LogP contribution in [0.3, 0.4) is 0 Å². The first-order chi connectivity index (χ1) is 12.1. The minimum absolute atomic E-state index is 0.0482. The number of fused-ring (bicyclic) bond motifs is 2. The Kier molecular flexibility index (Phi) is 4.20. The average Bonchev–Trinajstić information content (AvgIpc) is 2.81. The van der Waals surface area contributed by atoms with E-state index >= 15 is 0 Å². The maximum atomic E-state index is 13.9. The topological polar surface area (TPSA) is 66.4 Å². The van der Waals surface area contributed by atoms with Crippen molar-refractivity contribution in [3.8, 4) is 0 Å². The molecule has 4 heterocycles. The lowest BCUT2D eigenvalue weighted by atomic mass is 9.56. The van der Waals surface area contributed by atoms with Gasteiger partial charge in [-0.15, -0.1) is 0 Å². The van der Waals surface area contributed by atoms with Crippen LogP contribution in [0.15, 0.2) is 0 Å². The van der Waals surface area contributed by atoms with E-state index < -0.39 is 41.5 Å². The summed E-state index contributed by atoms with van der Waals surface area (Å²) in [5, 5.41) is 9.26. The molecule has 0 aromatic heterocycles. The molecule has 0 unspecified atom stereocenters. The molecule has 150 valence electrons. The molecule has 2 bridgehead atoms. The molecule has 9 heteroatoms. The van der Waals surface area contributed by atoms with Gasteiger partial charge in [0.25, 0.3) is 0 Å². The molecule has 5 fully saturated rings. The van der Waals surface area contributed by atoms with E-state index in [0.29, 0.717) is 12.8 Å². The number of hydrogen-bond donors (Lipinski definition) is 1. The Hall–Kier alpha value is -0.450. The van der Waals surface area contributed by atoms with E-state index in [1.807, 2.05) is 0 Å². The van der Waals surface area contributed by atoms with Crippen molar-refractivity contribution in [1.82, 2.24) is 0 Å². The normalized spacial score (nSPS) is 53.9. The van der Waals surface area contributed by atoms with Crippen LogP contribution in [0.4, 0.5) is 13.2 Å². The molecule has 1 saturated carbocycles. The van der Waals surface area contributed by atoms with Gasteiger partial charge in [0.15, 0.2) is 11.9 Å². The van der Waals surface area contributed by atoms with Gasteiger partial charge >= 0.3 is 12.0 Å². The third-order valence-electron chi connectivity index (χ3n) is 7.11. The van der Waals surface area contributed by atoms with E-state index in [0.717, 1.165) is 19.3 Å². The largest absolute Gasteiger partial charge is 0.446 e. The number of ether oxygens (including phenoxy) is 2. The molecule has 8 atom stereocenters. The second-order valence-electron chi connectivity index (χ2n) is 8.26. The summed E-state index contributed by atoms with van der Waals surface area (Å²) >= 11 is 0. The quantitative estimate of drug-likeness (QED) is 0.575. The Morgan fingerprint density at radius 2 is 1.85 bits per heavy atom. The summed E-state index contributed by atoms with van der Waals surface area (Å²) in [4.78, 5) is 15.4. The molecule has 26 heavy (non-hydrogen) atoms. The van der Waals surface area contributed by atoms with Gasteiger partial charge in [-0.05, 0) is 38.0 Å². The second kappa shape index (κ2) is 5.78. The van der Waals surface area contributed by atoms with Gasteiger partial charge < -0.3 is 9.47 Å². The van der Waals surface area contributed by atoms with Crippen LogP contribution >= 0.6 is 0 Å². The Bertz CT molecular complexity index is 569. The molecular formula is C17H25F3O6. The summed E-state index contributed by atoms with van der Waals surface area (Å²) in [6, 6.07) is 0. The minimum atomic E-state index is -4.93. The lowest BCUT2D eigenvalue weighted by Crippen LogP contribution is -2.75. The molecule has 0 aromatic carbocycles. The molecule has 5 rings (SSSR count). The van der Waals surface area contributed by atoms with Crippen molar-refractivity contribution in [3.05, 3.63) is 0 Å². The van der Waals surface area contributed by atoms with Crippen LogP contribution in [-0.2, 0) is 24.1 Å². The summed E-state index contributed by atoms with van der Waals surface area (Å²) in [5.74, 6) is -5.90. The lowest BCUT2D eigenvalue weighted by molar-refractivity contribution is -0.616. The van der Waals surface area contributed by atoms with E-state index in [9.17, 15) is 18.4 Å². The molecule has 5 aliphatic rings. The van der Waals surface area contributed by atoms with E-state index in [1.165, 1.54) is 6.92 Å². The van der Waals surface area contributed by atoms with Crippen molar-refractivity contribution in [2.75, 3.05) is 0 Å². The second-order valence-corrected chi connectivity index (χ2v) is 8.26. The van der Waals surface area contributed by atoms with E-state index in [4.69, 9.17) is 19.2 Å². The van der Waals surface area contributed by atoms with Gasteiger partial charge in [-0.1, -0.05) is 20.3 Å². The number of alkyl halides is 3. The molecule has 0 amide bonds. The molecular weight excluding hydrogens is 357 g/mol. The fourth-order valence-corrected chi connectivity index (χ4v) is 5.71. The summed E-state index contributed by atoms with van der Waals surface area (Å²) in [6.45, 7) is 5.08. The fraction of sp³-hybridized carbons (Fsp3) is 1.00. The van der Waals surface area contributed by atoms with Gasteiger partial charge in [-0.25, -0.2) is 15.0 Å². The molecule has 1 spiro atoms. The summed E-state index contributed by atoms with van der Waals surface area (Å²) in [6.07, 6.45) is -2.90. The van der Waals surface area contributed by atoms with Crippen molar-refractivity contribution in [1.29, 1.82) is 0 Å². The van der Waals surface area contributed by atoms with Crippen LogP contribution in [0.2, 0.25) is 0 Å². The smallest absolute Gasteiger partial charge is 0.315 e. The molecule has 1 aliphatic carbocycles. The van der Waals surface area contributed by atoms with Crippen molar-refractivity contribution >= 4 is 0 Å². The van der Waals surface area contributed by atoms with Gasteiger partial charge in [0, 0.05) is 18.3 Å². The molecule has 1 N–H and O–H groups in total. The van der Waals surface area contributed by atoms with Gasteiger partial charge in [0.05, 0.1) is 0 Å². The Labute approximate surface area is 149 Å². The van der Waals surface area contributed by atoms with Crippen LogP contribution in [0.1, 0.15) is 52.9 Å². The first-order valence-corrected chi connectivity index (χ1v) is 9.25. The van der Waals surface area contributed by atoms with Crippen molar-refractivity contribution < 1.29 is 42.6 Å². The zero-order chi connectivity index (χ0) is 19.0. The molecule has 4 saturated heterocycles. The summed E-state index contributed by atoms with van der Waals surface area (Å²) < 4.78 is 52.9. The predicted octanol–water partition coefficient (Wildman–Crippen LogP) is 4.01. The first-order valence-electron chi connectivity index (χ1n) is 9.25. The zero-order valence-corrected chi connectivity index (χ0v) is 15.0. The third-order valence-corrected chi connectivity index (χ3v) is 7.11. The Morgan fingerprint density at radius 1 is 1.12 bits per heavy atom. The van der Waals surface area contributed by atoms with Crippen LogP contribution in [-0.4, -0.2) is 34.9 Å². The fourth-order valence-electron chi connectivity index (χ4n) is 5.71. The van der Waals surface area contributed by atoms with Crippen molar-refractivity contribution in [2.24, 2.45) is 23.7 Å². The van der Waals surface area contributed by atoms with Gasteiger partial charge in [0.2, 0.25) is 5.79 Å². The van der Waals surface area contributed by atoms with E-state index in [-0.39, 0.29) is 11.8 Å². The lowest BCUT2D eigenvalue weighted by Gasteiger charge is -2.62. The van der Waals surface area contributed by atoms with Crippen LogP contribution in [0.5, 0.6) is 0 Å². The number of rotatable bonds is 2. The number of halogens is 3. The van der Waals surface area contributed by atoms with Gasteiger partial charge in [-0.3, -0.25) is 0 Å². The summed E-state index contributed by atoms with van der Waals surface area (Å²) in [5.41, 5.74) is -1.14. The first kappa shape index (κ1) is 18.9. The van der Waals surface area contributed by atoms with Crippen molar-refractivity contribution in [3.63, 3.8) is 0 Å². The predicted molar refractivity (Wildman–Crippen MR) is 80.2 cm³/mol. The molecule has 0 aromatic rings. The highest BCUT2D eigenvalue weighted by Crippen LogP contribution is 2.64. The van der Waals surface area contributed by atoms with Crippen molar-refractivity contribution in [2.45, 2.75) is 82.5 Å². The van der Waals surface area contributed by atoms with Crippen LogP contribution in [0.25, 0.3) is 0 Å². The SMILES string of the molecule is CC[C@@H]1CC[C@H]2[C@@H](C)[C@](OO)(C(F)(F)F)O[C@@H]3O[C@]4(C)CC[C@@H]1[C@]32OO4. The summed E-state index contributed by atoms with van der Waals surface area (Å²) in [7, 11) is 0. The van der Waals surface area contributed by atoms with Crippen LogP contribution in [0, 0.1) is 23.7 Å². The Morgan fingerprint density at radius 3 is 2.46 bits per heavy atom. The molecule has 4 aliphatic heterocycles. The van der Waals surface area contributed by atoms with E-state index in [1.54, 1.807) is 6.92 Å². The zero-order valence-electron chi connectivity index (χ0n) is 15.0. The maximum Gasteiger partial charge on any atom is 0.446 e. The standard InChI is InChI=1S/C17H25F3O6/c1-4-10-5-6-11-9(2)16(24-21,17(18,19)20)23-13-15(11)12(10)7-8-14(3,22-13)25-26-15/h9-13,21H,4-8H2,1-3H3/t9-,10-,11+,12+,13+,14+,15+,16+/m1/s1. The highest BCUT2D eigenvalue weighted by atomic mass is 19.4. The maximum absolute atomic E-state index is 13.9. The van der Waals surface area contributed by atoms with Gasteiger partial charge in [-0.2, -0.15) is 18.1 Å². The monoisotopic (exact) mass is 382 g/mol. The number of hydrogen-bond acceptors (Lipinski definition) is 6. The Balaban J connectivity index is 1.84. The highest BCUT2D eigenvalue weighted by molar-refractivity contribution is 5.12. The molecule has 0 radical (unpaired) electrons. The highest BCUT2D eigenvalue weighted by Gasteiger charge is 2.77. The van der Waals surface area contributed by atoms with Gasteiger partial charge in [0.1, 0.15) is 0 Å². The molecule has 6 nitrogen and oxygen atoms in total.